The van der Waals surface area contributed by atoms with Gasteiger partial charge in [0.15, 0.2) is 5.54 Å². The summed E-state index contributed by atoms with van der Waals surface area (Å²) in [5, 5.41) is 23.3. The van der Waals surface area contributed by atoms with Crippen molar-refractivity contribution in [1.82, 2.24) is 5.32 Å². The molecule has 0 spiro atoms. The number of rotatable bonds is 4. The van der Waals surface area contributed by atoms with Crippen molar-refractivity contribution >= 4 is 35.1 Å². The number of carboxylic acids is 1. The van der Waals surface area contributed by atoms with Crippen LogP contribution in [0.5, 0.6) is 0 Å². The van der Waals surface area contributed by atoms with Crippen molar-refractivity contribution in [3.05, 3.63) is 100 Å². The van der Waals surface area contributed by atoms with E-state index in [2.05, 4.69) is 5.32 Å². The first kappa shape index (κ1) is 22.8. The van der Waals surface area contributed by atoms with Crippen LogP contribution in [-0.2, 0) is 19.9 Å². The minimum Gasteiger partial charge on any atom is -0.480 e. The number of fused-ring (bicyclic) bond motifs is 1. The maximum absolute atomic E-state index is 13.9. The van der Waals surface area contributed by atoms with Gasteiger partial charge < -0.3 is 5.11 Å². The van der Waals surface area contributed by atoms with E-state index >= 15 is 0 Å². The van der Waals surface area contributed by atoms with Crippen LogP contribution in [0, 0.1) is 30.1 Å². The zero-order chi connectivity index (χ0) is 24.9. The van der Waals surface area contributed by atoms with Crippen LogP contribution in [0.2, 0.25) is 5.02 Å². The Bertz CT molecular complexity index is 1400. The maximum atomic E-state index is 13.9. The molecule has 2 aliphatic heterocycles. The molecule has 2 heterocycles. The molecule has 0 radical (unpaired) electrons. The summed E-state index contributed by atoms with van der Waals surface area (Å²) < 4.78 is 0. The monoisotopic (exact) mass is 485 g/mol. The molecule has 5 rings (SSSR count). The van der Waals surface area contributed by atoms with Crippen LogP contribution in [0.1, 0.15) is 28.3 Å². The first-order chi connectivity index (χ1) is 16.8. The molecule has 8 heteroatoms. The maximum Gasteiger partial charge on any atom is 0.329 e. The summed E-state index contributed by atoms with van der Waals surface area (Å²) in [7, 11) is 0. The van der Waals surface area contributed by atoms with Crippen molar-refractivity contribution in [2.75, 3.05) is 4.90 Å². The Morgan fingerprint density at radius 1 is 1.06 bits per heavy atom. The summed E-state index contributed by atoms with van der Waals surface area (Å²) in [6, 6.07) is 21.2. The van der Waals surface area contributed by atoms with Gasteiger partial charge in [-0.1, -0.05) is 60.1 Å². The summed E-state index contributed by atoms with van der Waals surface area (Å²) in [6.07, 6.45) is 0. The normalized spacial score (nSPS) is 25.4. The number of nitrogens with one attached hydrogen (secondary N) is 1. The number of aryl methyl sites for hydroxylation is 1. The van der Waals surface area contributed by atoms with E-state index < -0.39 is 41.2 Å². The fourth-order valence-corrected chi connectivity index (χ4v) is 5.40. The molecule has 0 aliphatic carbocycles. The van der Waals surface area contributed by atoms with Crippen LogP contribution >= 0.6 is 11.6 Å². The standard InChI is InChI=1S/C27H20ClN3O4/c1-15-7-12-19(13-20(15)28)31-24(32)21-22(25(31)33)27(26(34)35,18-5-3-2-4-6-18)30-23(21)17-10-8-16(14-29)9-11-17/h2-13,21-23,30H,1H3,(H,34,35). The first-order valence-electron chi connectivity index (χ1n) is 11.0. The van der Waals surface area contributed by atoms with Gasteiger partial charge in [0.05, 0.1) is 29.2 Å². The first-order valence-corrected chi connectivity index (χ1v) is 11.4. The largest absolute Gasteiger partial charge is 0.480 e. The Morgan fingerprint density at radius 2 is 1.74 bits per heavy atom. The number of anilines is 1. The molecule has 4 atom stereocenters. The van der Waals surface area contributed by atoms with Gasteiger partial charge in [-0.3, -0.25) is 14.9 Å². The van der Waals surface area contributed by atoms with Crippen LogP contribution in [0.25, 0.3) is 0 Å². The van der Waals surface area contributed by atoms with E-state index in [-0.39, 0.29) is 0 Å². The lowest BCUT2D eigenvalue weighted by Crippen LogP contribution is -2.53. The van der Waals surface area contributed by atoms with E-state index in [1.165, 1.54) is 0 Å². The SMILES string of the molecule is Cc1ccc(N2C(=O)C3C(c4ccc(C#N)cc4)NC(C(=O)O)(c4ccccc4)C3C2=O)cc1Cl. The Hall–Kier alpha value is -3.99. The van der Waals surface area contributed by atoms with Crippen LogP contribution in [-0.4, -0.2) is 22.9 Å². The van der Waals surface area contributed by atoms with E-state index in [0.29, 0.717) is 27.4 Å². The molecule has 2 saturated heterocycles. The summed E-state index contributed by atoms with van der Waals surface area (Å²) in [4.78, 5) is 41.7. The highest BCUT2D eigenvalue weighted by molar-refractivity contribution is 6.32. The van der Waals surface area contributed by atoms with E-state index in [0.717, 1.165) is 10.5 Å². The van der Waals surface area contributed by atoms with Crippen LogP contribution in [0.15, 0.2) is 72.8 Å². The van der Waals surface area contributed by atoms with Gasteiger partial charge in [-0.25, -0.2) is 9.69 Å². The summed E-state index contributed by atoms with van der Waals surface area (Å²) >= 11 is 6.28. The van der Waals surface area contributed by atoms with Crippen molar-refractivity contribution in [3.8, 4) is 6.07 Å². The van der Waals surface area contributed by atoms with Gasteiger partial charge in [-0.2, -0.15) is 5.26 Å². The van der Waals surface area contributed by atoms with Crippen molar-refractivity contribution in [2.24, 2.45) is 11.8 Å². The third-order valence-corrected chi connectivity index (χ3v) is 7.35. The zero-order valence-corrected chi connectivity index (χ0v) is 19.4. The van der Waals surface area contributed by atoms with Crippen LogP contribution in [0.4, 0.5) is 5.69 Å². The predicted molar refractivity (Wildman–Crippen MR) is 128 cm³/mol. The number of nitriles is 1. The number of imide groups is 1. The van der Waals surface area contributed by atoms with E-state index in [9.17, 15) is 19.5 Å². The quantitative estimate of drug-likeness (QED) is 0.541. The number of carbonyl (C=O) groups is 3. The van der Waals surface area contributed by atoms with E-state index in [4.69, 9.17) is 16.9 Å². The minimum absolute atomic E-state index is 0.302. The molecule has 7 nitrogen and oxygen atoms in total. The second kappa shape index (κ2) is 8.35. The lowest BCUT2D eigenvalue weighted by Gasteiger charge is -2.31. The molecule has 0 aromatic heterocycles. The van der Waals surface area contributed by atoms with Crippen LogP contribution < -0.4 is 10.2 Å². The number of amides is 2. The summed E-state index contributed by atoms with van der Waals surface area (Å²) in [5.41, 5.74) is 0.680. The van der Waals surface area contributed by atoms with Crippen LogP contribution in [0.3, 0.4) is 0 Å². The molecule has 0 bridgehead atoms. The van der Waals surface area contributed by atoms with Gasteiger partial charge >= 0.3 is 5.97 Å². The number of aliphatic carboxylic acids is 1. The molecule has 2 amide bonds. The molecule has 3 aromatic carbocycles. The molecular formula is C27H20ClN3O4. The second-order valence-electron chi connectivity index (χ2n) is 8.78. The number of nitrogens with zero attached hydrogens (tertiary/aromatic N) is 2. The van der Waals surface area contributed by atoms with E-state index in [1.54, 1.807) is 72.8 Å². The Kier molecular flexibility index (Phi) is 5.43. The minimum atomic E-state index is -1.83. The average molecular weight is 486 g/mol. The van der Waals surface area contributed by atoms with Crippen molar-refractivity contribution < 1.29 is 19.5 Å². The number of carboxylic acid groups (broad SMARTS) is 1. The highest BCUT2D eigenvalue weighted by Crippen LogP contribution is 2.53. The number of benzene rings is 3. The third kappa shape index (κ3) is 3.34. The third-order valence-electron chi connectivity index (χ3n) is 6.94. The molecule has 3 aromatic rings. The lowest BCUT2D eigenvalue weighted by atomic mass is 9.75. The molecular weight excluding hydrogens is 466 g/mol. The number of carbonyl (C=O) groups excluding carboxylic acids is 2. The fourth-order valence-electron chi connectivity index (χ4n) is 5.22. The predicted octanol–water partition coefficient (Wildman–Crippen LogP) is 3.95. The molecule has 0 saturated carbocycles. The Balaban J connectivity index is 1.71. The smallest absolute Gasteiger partial charge is 0.329 e. The molecule has 2 aliphatic rings. The van der Waals surface area contributed by atoms with Gasteiger partial charge in [0.1, 0.15) is 0 Å². The van der Waals surface area contributed by atoms with Gasteiger partial charge in [-0.05, 0) is 47.9 Å². The lowest BCUT2D eigenvalue weighted by molar-refractivity contribution is -0.149. The molecule has 2 N–H and O–H groups in total. The number of halogens is 1. The highest BCUT2D eigenvalue weighted by Gasteiger charge is 2.69. The van der Waals surface area contributed by atoms with Crippen molar-refractivity contribution in [3.63, 3.8) is 0 Å². The van der Waals surface area contributed by atoms with Crippen molar-refractivity contribution in [1.29, 1.82) is 5.26 Å². The molecule has 174 valence electrons. The molecule has 35 heavy (non-hydrogen) atoms. The van der Waals surface area contributed by atoms with Gasteiger partial charge in [-0.15, -0.1) is 0 Å². The van der Waals surface area contributed by atoms with E-state index in [1.807, 2.05) is 13.0 Å². The number of hydrogen-bond acceptors (Lipinski definition) is 5. The molecule has 4 unspecified atom stereocenters. The number of hydrogen-bond donors (Lipinski definition) is 2. The Labute approximate surface area is 206 Å². The summed E-state index contributed by atoms with van der Waals surface area (Å²) in [5.74, 6) is -4.53. The second-order valence-corrected chi connectivity index (χ2v) is 9.19. The highest BCUT2D eigenvalue weighted by atomic mass is 35.5. The zero-order valence-electron chi connectivity index (χ0n) is 18.6. The fraction of sp³-hybridized carbons (Fsp3) is 0.185. The van der Waals surface area contributed by atoms with Gasteiger partial charge in [0, 0.05) is 11.1 Å². The van der Waals surface area contributed by atoms with Crippen molar-refractivity contribution in [2.45, 2.75) is 18.5 Å². The molecule has 2 fully saturated rings. The Morgan fingerprint density at radius 3 is 2.34 bits per heavy atom. The van der Waals surface area contributed by atoms with Gasteiger partial charge in [0.25, 0.3) is 0 Å². The topological polar surface area (TPSA) is 110 Å². The van der Waals surface area contributed by atoms with Gasteiger partial charge in [0.2, 0.25) is 11.8 Å². The average Bonchev–Trinajstić information content (AvgIpc) is 3.36. The summed E-state index contributed by atoms with van der Waals surface area (Å²) in [6.45, 7) is 1.81.